The molecule has 1 aliphatic rings. The fourth-order valence-corrected chi connectivity index (χ4v) is 1.67. The zero-order valence-electron chi connectivity index (χ0n) is 8.62. The molecule has 1 aromatic rings. The van der Waals surface area contributed by atoms with Gasteiger partial charge in [0.2, 0.25) is 0 Å². The summed E-state index contributed by atoms with van der Waals surface area (Å²) >= 11 is 0. The number of hydrogen-bond donors (Lipinski definition) is 2. The number of carbonyl (C=O) groups excluding carboxylic acids is 1. The summed E-state index contributed by atoms with van der Waals surface area (Å²) in [6.07, 6.45) is 0. The van der Waals surface area contributed by atoms with Gasteiger partial charge < -0.3 is 10.1 Å². The van der Waals surface area contributed by atoms with Crippen LogP contribution in [-0.2, 0) is 16.1 Å². The minimum Gasteiger partial charge on any atom is -0.468 e. The van der Waals surface area contributed by atoms with Crippen LogP contribution in [0.4, 0.5) is 5.69 Å². The predicted molar refractivity (Wildman–Crippen MR) is 57.6 cm³/mol. The highest BCUT2D eigenvalue weighted by molar-refractivity contribution is 5.77. The Morgan fingerprint density at radius 3 is 3.07 bits per heavy atom. The first-order valence-electron chi connectivity index (χ1n) is 4.94. The molecule has 1 atom stereocenters. The molecule has 0 aliphatic carbocycles. The molecule has 2 N–H and O–H groups in total. The van der Waals surface area contributed by atoms with Gasteiger partial charge in [0.15, 0.2) is 0 Å². The summed E-state index contributed by atoms with van der Waals surface area (Å²) in [6, 6.07) is 7.73. The molecular formula is C11H14N2O2. The summed E-state index contributed by atoms with van der Waals surface area (Å²) < 4.78 is 4.70. The van der Waals surface area contributed by atoms with Crippen molar-refractivity contribution in [3.63, 3.8) is 0 Å². The second-order valence-electron chi connectivity index (χ2n) is 3.49. The zero-order chi connectivity index (χ0) is 10.7. The van der Waals surface area contributed by atoms with Crippen molar-refractivity contribution in [3.05, 3.63) is 29.8 Å². The number of carbonyl (C=O) groups is 1. The fourth-order valence-electron chi connectivity index (χ4n) is 1.67. The van der Waals surface area contributed by atoms with Crippen LogP contribution in [0.3, 0.4) is 0 Å². The van der Waals surface area contributed by atoms with Crippen LogP contribution in [0, 0.1) is 0 Å². The van der Waals surface area contributed by atoms with Crippen molar-refractivity contribution in [1.82, 2.24) is 5.32 Å². The minimum atomic E-state index is -0.276. The quantitative estimate of drug-likeness (QED) is 0.665. The molecule has 1 heterocycles. The van der Waals surface area contributed by atoms with Gasteiger partial charge in [-0.3, -0.25) is 10.1 Å². The highest BCUT2D eigenvalue weighted by Crippen LogP contribution is 2.17. The normalized spacial score (nSPS) is 19.7. The lowest BCUT2D eigenvalue weighted by atomic mass is 10.2. The van der Waals surface area contributed by atoms with Crippen molar-refractivity contribution in [2.75, 3.05) is 19.0 Å². The molecule has 0 saturated heterocycles. The topological polar surface area (TPSA) is 50.4 Å². The maximum atomic E-state index is 11.3. The van der Waals surface area contributed by atoms with E-state index in [-0.39, 0.29) is 12.0 Å². The highest BCUT2D eigenvalue weighted by atomic mass is 16.5. The molecule has 4 nitrogen and oxygen atoms in total. The van der Waals surface area contributed by atoms with Crippen LogP contribution in [0.2, 0.25) is 0 Å². The Morgan fingerprint density at radius 2 is 2.27 bits per heavy atom. The maximum Gasteiger partial charge on any atom is 0.324 e. The summed E-state index contributed by atoms with van der Waals surface area (Å²) in [5, 5.41) is 6.38. The van der Waals surface area contributed by atoms with Crippen molar-refractivity contribution < 1.29 is 9.53 Å². The van der Waals surface area contributed by atoms with Gasteiger partial charge in [0, 0.05) is 18.8 Å². The van der Waals surface area contributed by atoms with Gasteiger partial charge in [-0.1, -0.05) is 18.2 Å². The van der Waals surface area contributed by atoms with Crippen LogP contribution in [0.5, 0.6) is 0 Å². The standard InChI is InChI=1S/C11H14N2O2/c1-15-11(14)10-7-13-9-5-3-2-4-8(9)6-12-10/h2-5,10,12-13H,6-7H2,1H3. The van der Waals surface area contributed by atoms with E-state index in [4.69, 9.17) is 4.74 Å². The number of hydrogen-bond acceptors (Lipinski definition) is 4. The molecular weight excluding hydrogens is 192 g/mol. The average molecular weight is 206 g/mol. The lowest BCUT2D eigenvalue weighted by Gasteiger charge is -2.12. The first kappa shape index (κ1) is 9.98. The summed E-state index contributed by atoms with van der Waals surface area (Å²) in [4.78, 5) is 11.3. The van der Waals surface area contributed by atoms with Gasteiger partial charge in [0.1, 0.15) is 6.04 Å². The smallest absolute Gasteiger partial charge is 0.324 e. The van der Waals surface area contributed by atoms with E-state index in [1.807, 2.05) is 24.3 Å². The van der Waals surface area contributed by atoms with E-state index in [0.29, 0.717) is 13.1 Å². The fraction of sp³-hybridized carbons (Fsp3) is 0.364. The lowest BCUT2D eigenvalue weighted by molar-refractivity contribution is -0.142. The Kier molecular flexibility index (Phi) is 2.87. The van der Waals surface area contributed by atoms with Crippen molar-refractivity contribution >= 4 is 11.7 Å². The molecule has 1 aromatic carbocycles. The Morgan fingerprint density at radius 1 is 1.47 bits per heavy atom. The number of nitrogens with one attached hydrogen (secondary N) is 2. The van der Waals surface area contributed by atoms with Gasteiger partial charge in [-0.2, -0.15) is 0 Å². The van der Waals surface area contributed by atoms with Gasteiger partial charge in [-0.05, 0) is 11.6 Å². The van der Waals surface area contributed by atoms with Gasteiger partial charge in [0.05, 0.1) is 7.11 Å². The number of para-hydroxylation sites is 1. The molecule has 1 aliphatic heterocycles. The monoisotopic (exact) mass is 206 g/mol. The number of rotatable bonds is 1. The van der Waals surface area contributed by atoms with Gasteiger partial charge in [-0.15, -0.1) is 0 Å². The molecule has 80 valence electrons. The molecule has 2 rings (SSSR count). The number of methoxy groups -OCH3 is 1. The number of ether oxygens (including phenoxy) is 1. The van der Waals surface area contributed by atoms with Crippen molar-refractivity contribution in [2.24, 2.45) is 0 Å². The van der Waals surface area contributed by atoms with Gasteiger partial charge >= 0.3 is 5.97 Å². The third kappa shape index (κ3) is 2.10. The van der Waals surface area contributed by atoms with Crippen LogP contribution < -0.4 is 10.6 Å². The lowest BCUT2D eigenvalue weighted by Crippen LogP contribution is -2.40. The first-order valence-corrected chi connectivity index (χ1v) is 4.94. The first-order chi connectivity index (χ1) is 7.31. The van der Waals surface area contributed by atoms with Gasteiger partial charge in [0.25, 0.3) is 0 Å². The molecule has 0 spiro atoms. The molecule has 15 heavy (non-hydrogen) atoms. The predicted octanol–water partition coefficient (Wildman–Crippen LogP) is 0.743. The Hall–Kier alpha value is -1.55. The van der Waals surface area contributed by atoms with Crippen LogP contribution in [0.25, 0.3) is 0 Å². The average Bonchev–Trinajstić information content (AvgIpc) is 2.50. The highest BCUT2D eigenvalue weighted by Gasteiger charge is 2.21. The number of anilines is 1. The number of fused-ring (bicyclic) bond motifs is 1. The van der Waals surface area contributed by atoms with Crippen LogP contribution >= 0.6 is 0 Å². The van der Waals surface area contributed by atoms with E-state index in [9.17, 15) is 4.79 Å². The summed E-state index contributed by atoms with van der Waals surface area (Å²) in [5.41, 5.74) is 2.25. The summed E-state index contributed by atoms with van der Waals surface area (Å²) in [7, 11) is 1.40. The molecule has 0 amide bonds. The van der Waals surface area contributed by atoms with E-state index in [0.717, 1.165) is 5.69 Å². The Bertz CT molecular complexity index is 338. The van der Waals surface area contributed by atoms with Crippen molar-refractivity contribution in [2.45, 2.75) is 12.6 Å². The summed E-state index contributed by atoms with van der Waals surface area (Å²) in [5.74, 6) is -0.227. The molecule has 0 saturated carbocycles. The van der Waals surface area contributed by atoms with Crippen molar-refractivity contribution in [3.8, 4) is 0 Å². The number of esters is 1. The largest absolute Gasteiger partial charge is 0.468 e. The van der Waals surface area contributed by atoms with Gasteiger partial charge in [-0.25, -0.2) is 0 Å². The van der Waals surface area contributed by atoms with Crippen LogP contribution in [0.1, 0.15) is 5.56 Å². The third-order valence-corrected chi connectivity index (χ3v) is 2.54. The molecule has 1 unspecified atom stereocenters. The SMILES string of the molecule is COC(=O)C1CNc2ccccc2CN1. The third-order valence-electron chi connectivity index (χ3n) is 2.54. The van der Waals surface area contributed by atoms with E-state index >= 15 is 0 Å². The minimum absolute atomic E-state index is 0.227. The van der Waals surface area contributed by atoms with E-state index < -0.39 is 0 Å². The maximum absolute atomic E-state index is 11.3. The molecule has 0 bridgehead atoms. The molecule has 4 heteroatoms. The molecule has 0 aromatic heterocycles. The second-order valence-corrected chi connectivity index (χ2v) is 3.49. The number of benzene rings is 1. The Balaban J connectivity index is 2.12. The second kappa shape index (κ2) is 4.31. The van der Waals surface area contributed by atoms with Crippen molar-refractivity contribution in [1.29, 1.82) is 0 Å². The molecule has 0 radical (unpaired) electrons. The van der Waals surface area contributed by atoms with Crippen LogP contribution in [-0.4, -0.2) is 25.7 Å². The van der Waals surface area contributed by atoms with E-state index in [1.54, 1.807) is 0 Å². The zero-order valence-corrected chi connectivity index (χ0v) is 8.62. The summed E-state index contributed by atoms with van der Waals surface area (Å²) in [6.45, 7) is 1.24. The van der Waals surface area contributed by atoms with Crippen LogP contribution in [0.15, 0.2) is 24.3 Å². The molecule has 0 fully saturated rings. The van der Waals surface area contributed by atoms with E-state index in [1.165, 1.54) is 12.7 Å². The van der Waals surface area contributed by atoms with E-state index in [2.05, 4.69) is 10.6 Å². The Labute approximate surface area is 88.6 Å².